The number of likely N-dealkylation sites (tertiary alicyclic amines) is 1. The summed E-state index contributed by atoms with van der Waals surface area (Å²) in [4.78, 5) is 9.00. The molecule has 1 aromatic rings. The van der Waals surface area contributed by atoms with Crippen molar-refractivity contribution < 1.29 is 4.42 Å². The Hall–Kier alpha value is -1.07. The zero-order chi connectivity index (χ0) is 12.1. The first-order chi connectivity index (χ1) is 8.29. The van der Waals surface area contributed by atoms with Gasteiger partial charge in [-0.2, -0.15) is 4.98 Å². The van der Waals surface area contributed by atoms with E-state index in [4.69, 9.17) is 4.42 Å². The highest BCUT2D eigenvalue weighted by Gasteiger charge is 2.14. The van der Waals surface area contributed by atoms with Gasteiger partial charge >= 0.3 is 0 Å². The van der Waals surface area contributed by atoms with Crippen LogP contribution in [0.25, 0.3) is 0 Å². The van der Waals surface area contributed by atoms with Gasteiger partial charge in [0.1, 0.15) is 6.26 Å². The number of nitrogens with zero attached hydrogens (tertiary/aromatic N) is 3. The molecule has 0 amide bonds. The Balaban J connectivity index is 1.79. The largest absolute Gasteiger partial charge is 0.432 e. The minimum Gasteiger partial charge on any atom is -0.432 e. The lowest BCUT2D eigenvalue weighted by atomic mass is 10.4. The molecule has 0 aromatic carbocycles. The summed E-state index contributed by atoms with van der Waals surface area (Å²) in [6.07, 6.45) is 4.41. The minimum atomic E-state index is 0.717. The molecule has 5 heteroatoms. The van der Waals surface area contributed by atoms with Crippen LogP contribution in [0, 0.1) is 0 Å². The third-order valence-corrected chi connectivity index (χ3v) is 3.17. The van der Waals surface area contributed by atoms with Gasteiger partial charge in [-0.1, -0.05) is 0 Å². The fourth-order valence-corrected chi connectivity index (χ4v) is 2.13. The Kier molecular flexibility index (Phi) is 4.39. The molecule has 5 nitrogen and oxygen atoms in total. The maximum atomic E-state index is 5.45. The average Bonchev–Trinajstić information content (AvgIpc) is 2.97. The van der Waals surface area contributed by atoms with Crippen molar-refractivity contribution in [3.05, 3.63) is 12.0 Å². The van der Waals surface area contributed by atoms with E-state index in [2.05, 4.69) is 20.1 Å². The van der Waals surface area contributed by atoms with Crippen LogP contribution in [0.2, 0.25) is 0 Å². The second kappa shape index (κ2) is 6.02. The van der Waals surface area contributed by atoms with Gasteiger partial charge in [-0.15, -0.1) is 0 Å². The van der Waals surface area contributed by atoms with Gasteiger partial charge in [0.2, 0.25) is 0 Å². The molecule has 1 aliphatic rings. The van der Waals surface area contributed by atoms with E-state index in [0.717, 1.165) is 31.3 Å². The Morgan fingerprint density at radius 2 is 2.24 bits per heavy atom. The van der Waals surface area contributed by atoms with Gasteiger partial charge in [-0.05, 0) is 33.0 Å². The normalized spacial score (nSPS) is 16.6. The highest BCUT2D eigenvalue weighted by molar-refractivity contribution is 5.25. The SMILES string of the molecule is CNCc1coc(N(C)CCN2CCCC2)n1. The zero-order valence-corrected chi connectivity index (χ0v) is 10.8. The van der Waals surface area contributed by atoms with Crippen LogP contribution < -0.4 is 10.2 Å². The number of aromatic nitrogens is 1. The molecule has 1 aliphatic heterocycles. The van der Waals surface area contributed by atoms with Crippen LogP contribution in [0.5, 0.6) is 0 Å². The molecule has 0 bridgehead atoms. The highest BCUT2D eigenvalue weighted by Crippen LogP contribution is 2.12. The fraction of sp³-hybridized carbons (Fsp3) is 0.750. The van der Waals surface area contributed by atoms with Crippen LogP contribution >= 0.6 is 0 Å². The van der Waals surface area contributed by atoms with Crippen LogP contribution in [-0.4, -0.2) is 50.2 Å². The molecule has 1 fully saturated rings. The Morgan fingerprint density at radius 3 is 2.94 bits per heavy atom. The molecule has 0 radical (unpaired) electrons. The number of hydrogen-bond acceptors (Lipinski definition) is 5. The summed E-state index contributed by atoms with van der Waals surface area (Å²) in [5.74, 6) is 0. The van der Waals surface area contributed by atoms with Gasteiger partial charge in [0.05, 0.1) is 5.69 Å². The molecule has 17 heavy (non-hydrogen) atoms. The molecular weight excluding hydrogens is 216 g/mol. The second-order valence-corrected chi connectivity index (χ2v) is 4.62. The van der Waals surface area contributed by atoms with Gasteiger partial charge < -0.3 is 19.5 Å². The van der Waals surface area contributed by atoms with Crippen LogP contribution in [0.15, 0.2) is 10.7 Å². The van der Waals surface area contributed by atoms with Crippen molar-refractivity contribution in [1.29, 1.82) is 0 Å². The van der Waals surface area contributed by atoms with E-state index in [1.54, 1.807) is 6.26 Å². The first kappa shape index (κ1) is 12.4. The van der Waals surface area contributed by atoms with E-state index >= 15 is 0 Å². The van der Waals surface area contributed by atoms with Crippen LogP contribution in [-0.2, 0) is 6.54 Å². The Morgan fingerprint density at radius 1 is 1.47 bits per heavy atom. The maximum absolute atomic E-state index is 5.45. The average molecular weight is 238 g/mol. The lowest BCUT2D eigenvalue weighted by Crippen LogP contribution is -2.31. The molecule has 0 spiro atoms. The van der Waals surface area contributed by atoms with Crippen molar-refractivity contribution in [2.24, 2.45) is 0 Å². The molecule has 1 aromatic heterocycles. The third kappa shape index (κ3) is 3.44. The topological polar surface area (TPSA) is 44.5 Å². The molecule has 0 saturated carbocycles. The van der Waals surface area contributed by atoms with Gasteiger partial charge in [-0.3, -0.25) is 0 Å². The first-order valence-electron chi connectivity index (χ1n) is 6.32. The van der Waals surface area contributed by atoms with Crippen molar-refractivity contribution in [2.45, 2.75) is 19.4 Å². The van der Waals surface area contributed by atoms with Crippen LogP contribution in [0.4, 0.5) is 6.01 Å². The summed E-state index contributed by atoms with van der Waals surface area (Å²) in [6, 6.07) is 0.717. The zero-order valence-electron chi connectivity index (χ0n) is 10.8. The molecule has 1 saturated heterocycles. The number of anilines is 1. The number of oxazole rings is 1. The summed E-state index contributed by atoms with van der Waals surface area (Å²) in [5, 5.41) is 3.06. The summed E-state index contributed by atoms with van der Waals surface area (Å²) in [5.41, 5.74) is 0.954. The summed E-state index contributed by atoms with van der Waals surface area (Å²) in [6.45, 7) is 5.30. The van der Waals surface area contributed by atoms with E-state index in [1.165, 1.54) is 25.9 Å². The van der Waals surface area contributed by atoms with Crippen molar-refractivity contribution in [3.8, 4) is 0 Å². The maximum Gasteiger partial charge on any atom is 0.297 e. The molecular formula is C12H22N4O. The molecule has 2 rings (SSSR count). The smallest absolute Gasteiger partial charge is 0.297 e. The van der Waals surface area contributed by atoms with E-state index in [9.17, 15) is 0 Å². The Labute approximate surface area is 103 Å². The molecule has 0 aliphatic carbocycles. The van der Waals surface area contributed by atoms with Gasteiger partial charge in [0, 0.05) is 26.7 Å². The van der Waals surface area contributed by atoms with E-state index < -0.39 is 0 Å². The predicted octanol–water partition coefficient (Wildman–Crippen LogP) is 0.926. The second-order valence-electron chi connectivity index (χ2n) is 4.62. The molecule has 0 atom stereocenters. The molecule has 1 N–H and O–H groups in total. The van der Waals surface area contributed by atoms with E-state index in [0.29, 0.717) is 0 Å². The third-order valence-electron chi connectivity index (χ3n) is 3.17. The van der Waals surface area contributed by atoms with Crippen molar-refractivity contribution in [2.75, 3.05) is 45.2 Å². The van der Waals surface area contributed by atoms with E-state index in [-0.39, 0.29) is 0 Å². The van der Waals surface area contributed by atoms with Crippen LogP contribution in [0.1, 0.15) is 18.5 Å². The van der Waals surface area contributed by atoms with Crippen molar-refractivity contribution in [1.82, 2.24) is 15.2 Å². The lowest BCUT2D eigenvalue weighted by molar-refractivity contribution is 0.344. The fourth-order valence-electron chi connectivity index (χ4n) is 2.13. The number of nitrogens with one attached hydrogen (secondary N) is 1. The van der Waals surface area contributed by atoms with E-state index in [1.807, 2.05) is 14.1 Å². The van der Waals surface area contributed by atoms with Gasteiger partial charge in [0.25, 0.3) is 6.01 Å². The first-order valence-corrected chi connectivity index (χ1v) is 6.32. The standard InChI is InChI=1S/C12H22N4O/c1-13-9-11-10-17-12(14-11)15(2)7-8-16-5-3-4-6-16/h10,13H,3-9H2,1-2H3. The van der Waals surface area contributed by atoms with Crippen molar-refractivity contribution >= 4 is 6.01 Å². The minimum absolute atomic E-state index is 0.717. The van der Waals surface area contributed by atoms with Gasteiger partial charge in [-0.25, -0.2) is 0 Å². The number of rotatable bonds is 6. The Bertz CT molecular complexity index is 333. The quantitative estimate of drug-likeness (QED) is 0.798. The summed E-state index contributed by atoms with van der Waals surface area (Å²) in [7, 11) is 3.94. The molecule has 96 valence electrons. The highest BCUT2D eigenvalue weighted by atomic mass is 16.4. The number of hydrogen-bond donors (Lipinski definition) is 1. The lowest BCUT2D eigenvalue weighted by Gasteiger charge is -2.19. The van der Waals surface area contributed by atoms with Crippen molar-refractivity contribution in [3.63, 3.8) is 0 Å². The number of likely N-dealkylation sites (N-methyl/N-ethyl adjacent to an activating group) is 1. The summed E-state index contributed by atoms with van der Waals surface area (Å²) >= 11 is 0. The summed E-state index contributed by atoms with van der Waals surface area (Å²) < 4.78 is 5.45. The molecule has 0 unspecified atom stereocenters. The van der Waals surface area contributed by atoms with Gasteiger partial charge in [0.15, 0.2) is 0 Å². The predicted molar refractivity (Wildman–Crippen MR) is 68.2 cm³/mol. The molecule has 2 heterocycles. The monoisotopic (exact) mass is 238 g/mol. The van der Waals surface area contributed by atoms with Crippen LogP contribution in [0.3, 0.4) is 0 Å².